The van der Waals surface area contributed by atoms with Crippen molar-refractivity contribution in [3.8, 4) is 0 Å². The van der Waals surface area contributed by atoms with Crippen LogP contribution in [-0.4, -0.2) is 58.8 Å². The van der Waals surface area contributed by atoms with Crippen LogP contribution in [0.4, 0.5) is 0 Å². The lowest BCUT2D eigenvalue weighted by Crippen LogP contribution is -2.50. The summed E-state index contributed by atoms with van der Waals surface area (Å²) in [5.41, 5.74) is -0.615. The number of likely N-dealkylation sites (tertiary alicyclic amines) is 1. The highest BCUT2D eigenvalue weighted by Gasteiger charge is 2.34. The predicted molar refractivity (Wildman–Crippen MR) is 68.6 cm³/mol. The van der Waals surface area contributed by atoms with Crippen molar-refractivity contribution in [2.24, 2.45) is 5.92 Å². The van der Waals surface area contributed by atoms with Crippen LogP contribution in [0.2, 0.25) is 0 Å². The summed E-state index contributed by atoms with van der Waals surface area (Å²) in [5.74, 6) is -1.09. The van der Waals surface area contributed by atoms with E-state index in [1.807, 2.05) is 0 Å². The minimum atomic E-state index is -0.766. The summed E-state index contributed by atoms with van der Waals surface area (Å²) in [5, 5.41) is 21.8. The number of aliphatic hydroxyl groups is 1. The van der Waals surface area contributed by atoms with Gasteiger partial charge in [-0.15, -0.1) is 0 Å². The zero-order valence-corrected chi connectivity index (χ0v) is 11.1. The molecule has 2 rings (SSSR count). The Hall–Kier alpha value is -1.14. The fraction of sp³-hybridized carbons (Fsp3) is 0.846. The van der Waals surface area contributed by atoms with E-state index in [2.05, 4.69) is 5.32 Å². The Morgan fingerprint density at radius 3 is 2.37 bits per heavy atom. The maximum atomic E-state index is 11.9. The molecule has 1 aliphatic carbocycles. The highest BCUT2D eigenvalue weighted by Crippen LogP contribution is 2.30. The van der Waals surface area contributed by atoms with Gasteiger partial charge in [-0.2, -0.15) is 0 Å². The van der Waals surface area contributed by atoms with Crippen LogP contribution in [0.15, 0.2) is 0 Å². The number of carboxylic acids is 1. The van der Waals surface area contributed by atoms with Crippen LogP contribution >= 0.6 is 0 Å². The molecule has 6 nitrogen and oxygen atoms in total. The number of aliphatic carboxylic acids is 1. The monoisotopic (exact) mass is 270 g/mol. The van der Waals surface area contributed by atoms with E-state index < -0.39 is 11.6 Å². The number of carbonyl (C=O) groups is 2. The minimum absolute atomic E-state index is 0.00763. The average molecular weight is 270 g/mol. The van der Waals surface area contributed by atoms with E-state index in [9.17, 15) is 14.7 Å². The second-order valence-electron chi connectivity index (χ2n) is 5.67. The van der Waals surface area contributed by atoms with Crippen LogP contribution in [0.5, 0.6) is 0 Å². The summed E-state index contributed by atoms with van der Waals surface area (Å²) in [6, 6.07) is 0. The number of nitrogens with zero attached hydrogens (tertiary/aromatic N) is 1. The van der Waals surface area contributed by atoms with E-state index in [-0.39, 0.29) is 18.4 Å². The Balaban J connectivity index is 1.65. The van der Waals surface area contributed by atoms with E-state index >= 15 is 0 Å². The topological polar surface area (TPSA) is 89.9 Å². The minimum Gasteiger partial charge on any atom is -0.481 e. The van der Waals surface area contributed by atoms with Gasteiger partial charge in [0.05, 0.1) is 18.1 Å². The smallest absolute Gasteiger partial charge is 0.306 e. The molecule has 3 N–H and O–H groups in total. The highest BCUT2D eigenvalue weighted by molar-refractivity contribution is 5.78. The summed E-state index contributed by atoms with van der Waals surface area (Å²) in [4.78, 5) is 24.4. The summed E-state index contributed by atoms with van der Waals surface area (Å²) in [6.45, 7) is 1.72. The van der Waals surface area contributed by atoms with Crippen LogP contribution in [-0.2, 0) is 9.59 Å². The molecule has 0 aromatic heterocycles. The maximum absolute atomic E-state index is 11.9. The molecule has 2 aliphatic rings. The molecule has 1 heterocycles. The van der Waals surface area contributed by atoms with Gasteiger partial charge in [-0.1, -0.05) is 0 Å². The number of carbonyl (C=O) groups excluding carboxylic acids is 1. The lowest BCUT2D eigenvalue weighted by Gasteiger charge is -2.37. The van der Waals surface area contributed by atoms with E-state index in [0.29, 0.717) is 32.5 Å². The molecule has 108 valence electrons. The average Bonchev–Trinajstić information content (AvgIpc) is 2.36. The zero-order valence-electron chi connectivity index (χ0n) is 11.1. The van der Waals surface area contributed by atoms with Gasteiger partial charge < -0.3 is 20.4 Å². The maximum Gasteiger partial charge on any atom is 0.306 e. The van der Waals surface area contributed by atoms with Gasteiger partial charge in [0.25, 0.3) is 0 Å². The van der Waals surface area contributed by atoms with Gasteiger partial charge in [-0.3, -0.25) is 9.59 Å². The third-order valence-corrected chi connectivity index (χ3v) is 4.21. The first-order valence-corrected chi connectivity index (χ1v) is 6.94. The van der Waals surface area contributed by atoms with Gasteiger partial charge >= 0.3 is 5.97 Å². The quantitative estimate of drug-likeness (QED) is 0.644. The third kappa shape index (κ3) is 3.67. The molecule has 1 saturated carbocycles. The van der Waals surface area contributed by atoms with E-state index in [1.54, 1.807) is 4.90 Å². The third-order valence-electron chi connectivity index (χ3n) is 4.21. The normalized spacial score (nSPS) is 22.9. The Morgan fingerprint density at radius 1 is 1.26 bits per heavy atom. The van der Waals surface area contributed by atoms with Crippen molar-refractivity contribution in [3.05, 3.63) is 0 Å². The standard InChI is InChI=1S/C13H22N2O4/c16-11(8-14-9-13(19)4-1-5-13)15-6-2-10(3-7-15)12(17)18/h10,14,19H,1-9H2,(H,17,18). The number of hydrogen-bond acceptors (Lipinski definition) is 4. The van der Waals surface area contributed by atoms with Crippen molar-refractivity contribution in [2.45, 2.75) is 37.7 Å². The molecule has 0 aromatic carbocycles. The summed E-state index contributed by atoms with van der Waals surface area (Å²) in [7, 11) is 0. The molecule has 1 aliphatic heterocycles. The lowest BCUT2D eigenvalue weighted by atomic mass is 9.80. The Morgan fingerprint density at radius 2 is 1.89 bits per heavy atom. The van der Waals surface area contributed by atoms with Gasteiger partial charge in [0, 0.05) is 19.6 Å². The molecule has 0 atom stereocenters. The molecule has 0 unspecified atom stereocenters. The fourth-order valence-electron chi connectivity index (χ4n) is 2.65. The molecule has 2 fully saturated rings. The molecule has 1 saturated heterocycles. The first-order chi connectivity index (χ1) is 9.00. The molecular formula is C13H22N2O4. The summed E-state index contributed by atoms with van der Waals surface area (Å²) >= 11 is 0. The van der Waals surface area contributed by atoms with E-state index in [4.69, 9.17) is 5.11 Å². The van der Waals surface area contributed by atoms with E-state index in [1.165, 1.54) is 0 Å². The number of piperidine rings is 1. The number of nitrogens with one attached hydrogen (secondary N) is 1. The van der Waals surface area contributed by atoms with Crippen LogP contribution in [0, 0.1) is 5.92 Å². The van der Waals surface area contributed by atoms with Gasteiger partial charge in [0.15, 0.2) is 0 Å². The highest BCUT2D eigenvalue weighted by atomic mass is 16.4. The number of hydrogen-bond donors (Lipinski definition) is 3. The van der Waals surface area contributed by atoms with E-state index in [0.717, 1.165) is 19.3 Å². The molecular weight excluding hydrogens is 248 g/mol. The van der Waals surface area contributed by atoms with Crippen molar-refractivity contribution in [1.82, 2.24) is 10.2 Å². The SMILES string of the molecule is O=C(O)C1CCN(C(=O)CNCC2(O)CCC2)CC1. The van der Waals surface area contributed by atoms with Crippen molar-refractivity contribution >= 4 is 11.9 Å². The first-order valence-electron chi connectivity index (χ1n) is 6.94. The second kappa shape index (κ2) is 5.88. The molecule has 19 heavy (non-hydrogen) atoms. The second-order valence-corrected chi connectivity index (χ2v) is 5.67. The zero-order chi connectivity index (χ0) is 13.9. The lowest BCUT2D eigenvalue weighted by molar-refractivity contribution is -0.145. The van der Waals surface area contributed by atoms with Crippen LogP contribution in [0.1, 0.15) is 32.1 Å². The van der Waals surface area contributed by atoms with Gasteiger partial charge in [0.1, 0.15) is 0 Å². The molecule has 6 heteroatoms. The molecule has 0 radical (unpaired) electrons. The van der Waals surface area contributed by atoms with Gasteiger partial charge in [0.2, 0.25) is 5.91 Å². The van der Waals surface area contributed by atoms with Crippen molar-refractivity contribution in [2.75, 3.05) is 26.2 Å². The summed E-state index contributed by atoms with van der Waals surface area (Å²) < 4.78 is 0. The first kappa shape index (κ1) is 14.3. The Bertz CT molecular complexity index is 347. The Kier molecular flexibility index (Phi) is 4.42. The largest absolute Gasteiger partial charge is 0.481 e. The van der Waals surface area contributed by atoms with Crippen LogP contribution < -0.4 is 5.32 Å². The molecule has 0 spiro atoms. The predicted octanol–water partition coefficient (Wildman–Crippen LogP) is -0.186. The summed E-state index contributed by atoms with van der Waals surface area (Å²) in [6.07, 6.45) is 3.72. The number of rotatable bonds is 5. The van der Waals surface area contributed by atoms with Crippen LogP contribution in [0.3, 0.4) is 0 Å². The number of amides is 1. The molecule has 0 aromatic rings. The number of carboxylic acid groups (broad SMARTS) is 1. The van der Waals surface area contributed by atoms with Crippen molar-refractivity contribution in [1.29, 1.82) is 0 Å². The van der Waals surface area contributed by atoms with Crippen LogP contribution in [0.25, 0.3) is 0 Å². The van der Waals surface area contributed by atoms with Gasteiger partial charge in [-0.05, 0) is 32.1 Å². The Labute approximate surface area is 112 Å². The van der Waals surface area contributed by atoms with Crippen molar-refractivity contribution in [3.63, 3.8) is 0 Å². The fourth-order valence-corrected chi connectivity index (χ4v) is 2.65. The molecule has 1 amide bonds. The van der Waals surface area contributed by atoms with Crippen molar-refractivity contribution < 1.29 is 19.8 Å². The van der Waals surface area contributed by atoms with Gasteiger partial charge in [-0.25, -0.2) is 0 Å². The molecule has 0 bridgehead atoms.